The zero-order chi connectivity index (χ0) is 21.5. The van der Waals surface area contributed by atoms with Gasteiger partial charge < -0.3 is 5.32 Å². The van der Waals surface area contributed by atoms with E-state index in [0.29, 0.717) is 27.7 Å². The van der Waals surface area contributed by atoms with Crippen LogP contribution in [0.3, 0.4) is 0 Å². The number of carbonyl (C=O) groups excluding carboxylic acids is 2. The zero-order valence-electron chi connectivity index (χ0n) is 16.0. The van der Waals surface area contributed by atoms with Gasteiger partial charge in [0.05, 0.1) is 23.3 Å². The molecule has 0 saturated carbocycles. The van der Waals surface area contributed by atoms with Crippen molar-refractivity contribution in [3.05, 3.63) is 76.4 Å². The Bertz CT molecular complexity index is 1410. The quantitative estimate of drug-likeness (QED) is 0.532. The van der Waals surface area contributed by atoms with E-state index >= 15 is 0 Å². The summed E-state index contributed by atoms with van der Waals surface area (Å²) in [5.74, 6) is -0.691. The number of benzene rings is 2. The summed E-state index contributed by atoms with van der Waals surface area (Å²) in [5, 5.41) is 7.79. The van der Waals surface area contributed by atoms with Crippen LogP contribution in [0.15, 0.2) is 65.8 Å². The van der Waals surface area contributed by atoms with Gasteiger partial charge in [0.25, 0.3) is 5.56 Å². The van der Waals surface area contributed by atoms with Gasteiger partial charge in [-0.3, -0.25) is 23.9 Å². The summed E-state index contributed by atoms with van der Waals surface area (Å²) in [5.41, 5.74) is 1.76. The predicted molar refractivity (Wildman–Crippen MR) is 116 cm³/mol. The molecular formula is C21H15ClN6O3. The maximum Gasteiger partial charge on any atom is 0.264 e. The lowest BCUT2D eigenvalue weighted by atomic mass is 10.2. The van der Waals surface area contributed by atoms with Crippen LogP contribution >= 0.6 is 11.6 Å². The van der Waals surface area contributed by atoms with Gasteiger partial charge in [-0.25, -0.2) is 9.67 Å². The van der Waals surface area contributed by atoms with Crippen molar-refractivity contribution < 1.29 is 9.59 Å². The first-order valence-electron chi connectivity index (χ1n) is 9.39. The zero-order valence-corrected chi connectivity index (χ0v) is 16.8. The SMILES string of the molecule is O=C1CN(C(=O)Cn2cnc3c(cnn3-c3cccc(Cl)c3)c2=O)c2ccccc2N1. The number of amides is 2. The molecule has 9 nitrogen and oxygen atoms in total. The van der Waals surface area contributed by atoms with Gasteiger partial charge >= 0.3 is 0 Å². The topological polar surface area (TPSA) is 102 Å². The molecule has 0 bridgehead atoms. The van der Waals surface area contributed by atoms with Gasteiger partial charge in [-0.05, 0) is 30.3 Å². The summed E-state index contributed by atoms with van der Waals surface area (Å²) in [4.78, 5) is 43.6. The smallest absolute Gasteiger partial charge is 0.264 e. The number of carbonyl (C=O) groups is 2. The molecule has 1 aliphatic rings. The minimum atomic E-state index is -0.402. The molecule has 5 rings (SSSR count). The summed E-state index contributed by atoms with van der Waals surface area (Å²) in [6, 6.07) is 14.0. The Hall–Kier alpha value is -3.98. The molecule has 31 heavy (non-hydrogen) atoms. The van der Waals surface area contributed by atoms with Crippen molar-refractivity contribution in [2.45, 2.75) is 6.54 Å². The van der Waals surface area contributed by atoms with Crippen LogP contribution in [-0.2, 0) is 16.1 Å². The van der Waals surface area contributed by atoms with Crippen molar-refractivity contribution in [1.82, 2.24) is 19.3 Å². The average molecular weight is 435 g/mol. The van der Waals surface area contributed by atoms with Gasteiger partial charge in [0, 0.05) is 5.02 Å². The van der Waals surface area contributed by atoms with E-state index in [1.54, 1.807) is 48.5 Å². The lowest BCUT2D eigenvalue weighted by Gasteiger charge is -2.29. The van der Waals surface area contributed by atoms with Crippen molar-refractivity contribution >= 4 is 45.8 Å². The summed E-state index contributed by atoms with van der Waals surface area (Å²) in [6.45, 7) is -0.376. The van der Waals surface area contributed by atoms with Crippen LogP contribution in [-0.4, -0.2) is 37.7 Å². The summed E-state index contributed by atoms with van der Waals surface area (Å²) >= 11 is 6.05. The lowest BCUT2D eigenvalue weighted by molar-refractivity contribution is -0.122. The standard InChI is InChI=1S/C21H15ClN6O3/c22-13-4-3-5-14(8-13)28-20-15(9-24-28)21(31)26(12-23-20)11-19(30)27-10-18(29)25-16-6-1-2-7-17(16)27/h1-9,12H,10-11H2,(H,25,29). The predicted octanol–water partition coefficient (Wildman–Crippen LogP) is 2.22. The van der Waals surface area contributed by atoms with Crippen molar-refractivity contribution in [2.75, 3.05) is 16.8 Å². The Morgan fingerprint density at radius 1 is 1.13 bits per heavy atom. The first kappa shape index (κ1) is 19.0. The van der Waals surface area contributed by atoms with E-state index in [-0.39, 0.29) is 24.4 Å². The maximum absolute atomic E-state index is 13.0. The van der Waals surface area contributed by atoms with E-state index in [4.69, 9.17) is 11.6 Å². The minimum absolute atomic E-state index is 0.118. The normalized spacial score (nSPS) is 13.2. The average Bonchev–Trinajstić information content (AvgIpc) is 3.20. The molecule has 2 aromatic heterocycles. The van der Waals surface area contributed by atoms with Gasteiger partial charge in [0.2, 0.25) is 11.8 Å². The van der Waals surface area contributed by atoms with Crippen LogP contribution in [0.4, 0.5) is 11.4 Å². The van der Waals surface area contributed by atoms with Gasteiger partial charge in [0.1, 0.15) is 24.8 Å². The molecule has 1 N–H and O–H groups in total. The van der Waals surface area contributed by atoms with E-state index < -0.39 is 11.5 Å². The van der Waals surface area contributed by atoms with Crippen molar-refractivity contribution in [3.63, 3.8) is 0 Å². The van der Waals surface area contributed by atoms with E-state index in [0.717, 1.165) is 0 Å². The lowest BCUT2D eigenvalue weighted by Crippen LogP contribution is -2.44. The fourth-order valence-electron chi connectivity index (χ4n) is 3.54. The molecule has 0 atom stereocenters. The second kappa shape index (κ2) is 7.37. The van der Waals surface area contributed by atoms with Gasteiger partial charge in [-0.15, -0.1) is 0 Å². The van der Waals surface area contributed by atoms with Crippen molar-refractivity contribution in [2.24, 2.45) is 0 Å². The number of anilines is 2. The van der Waals surface area contributed by atoms with Crippen LogP contribution < -0.4 is 15.8 Å². The highest BCUT2D eigenvalue weighted by Gasteiger charge is 2.27. The van der Waals surface area contributed by atoms with Crippen molar-refractivity contribution in [3.8, 4) is 5.69 Å². The molecule has 154 valence electrons. The van der Waals surface area contributed by atoms with E-state index in [1.807, 2.05) is 0 Å². The fraction of sp³-hybridized carbons (Fsp3) is 0.0952. The van der Waals surface area contributed by atoms with E-state index in [1.165, 1.54) is 26.7 Å². The summed E-state index contributed by atoms with van der Waals surface area (Å²) < 4.78 is 2.73. The molecule has 0 radical (unpaired) electrons. The Kier molecular flexibility index (Phi) is 4.52. The molecule has 2 amide bonds. The van der Waals surface area contributed by atoms with Crippen molar-refractivity contribution in [1.29, 1.82) is 0 Å². The molecule has 0 spiro atoms. The number of para-hydroxylation sites is 2. The Labute approximate surface area is 180 Å². The first-order valence-corrected chi connectivity index (χ1v) is 9.77. The van der Waals surface area contributed by atoms with Crippen LogP contribution in [0.5, 0.6) is 0 Å². The van der Waals surface area contributed by atoms with E-state index in [9.17, 15) is 14.4 Å². The second-order valence-electron chi connectivity index (χ2n) is 7.00. The van der Waals surface area contributed by atoms with Gasteiger partial charge in [-0.1, -0.05) is 29.8 Å². The number of rotatable bonds is 3. The molecule has 0 fully saturated rings. The maximum atomic E-state index is 13.0. The van der Waals surface area contributed by atoms with Crippen LogP contribution in [0.2, 0.25) is 5.02 Å². The minimum Gasteiger partial charge on any atom is -0.323 e. The molecule has 0 aliphatic carbocycles. The van der Waals surface area contributed by atoms with E-state index in [2.05, 4.69) is 15.4 Å². The Morgan fingerprint density at radius 3 is 2.81 bits per heavy atom. The fourth-order valence-corrected chi connectivity index (χ4v) is 3.73. The third-order valence-electron chi connectivity index (χ3n) is 4.98. The Balaban J connectivity index is 1.48. The molecule has 1 aliphatic heterocycles. The third kappa shape index (κ3) is 3.34. The van der Waals surface area contributed by atoms with Crippen LogP contribution in [0, 0.1) is 0 Å². The molecule has 10 heteroatoms. The number of aromatic nitrogens is 4. The highest BCUT2D eigenvalue weighted by Crippen LogP contribution is 2.29. The Morgan fingerprint density at radius 2 is 1.97 bits per heavy atom. The number of nitrogens with one attached hydrogen (secondary N) is 1. The number of halogens is 1. The second-order valence-corrected chi connectivity index (χ2v) is 7.43. The highest BCUT2D eigenvalue weighted by atomic mass is 35.5. The van der Waals surface area contributed by atoms with Crippen LogP contribution in [0.1, 0.15) is 0 Å². The number of hydrogen-bond acceptors (Lipinski definition) is 5. The highest BCUT2D eigenvalue weighted by molar-refractivity contribution is 6.30. The van der Waals surface area contributed by atoms with Gasteiger partial charge in [0.15, 0.2) is 5.65 Å². The number of fused-ring (bicyclic) bond motifs is 2. The molecule has 3 heterocycles. The molecular weight excluding hydrogens is 420 g/mol. The van der Waals surface area contributed by atoms with Gasteiger partial charge in [-0.2, -0.15) is 5.10 Å². The number of nitrogens with zero attached hydrogens (tertiary/aromatic N) is 5. The summed E-state index contributed by atoms with van der Waals surface area (Å²) in [7, 11) is 0. The van der Waals surface area contributed by atoms with Crippen LogP contribution in [0.25, 0.3) is 16.7 Å². The summed E-state index contributed by atoms with van der Waals surface area (Å²) in [6.07, 6.45) is 2.72. The third-order valence-corrected chi connectivity index (χ3v) is 5.22. The number of hydrogen-bond donors (Lipinski definition) is 1. The first-order chi connectivity index (χ1) is 15.0. The largest absolute Gasteiger partial charge is 0.323 e. The molecule has 2 aromatic carbocycles. The molecule has 0 saturated heterocycles. The monoisotopic (exact) mass is 434 g/mol. The molecule has 4 aromatic rings. The molecule has 0 unspecified atom stereocenters.